The van der Waals surface area contributed by atoms with E-state index < -0.39 is 10.0 Å². The maximum atomic E-state index is 13.0. The van der Waals surface area contributed by atoms with E-state index in [1.165, 1.54) is 6.33 Å². The van der Waals surface area contributed by atoms with Crippen molar-refractivity contribution >= 4 is 15.8 Å². The van der Waals surface area contributed by atoms with Crippen LogP contribution in [0.2, 0.25) is 0 Å². The van der Waals surface area contributed by atoms with E-state index in [2.05, 4.69) is 20.0 Å². The summed E-state index contributed by atoms with van der Waals surface area (Å²) in [6, 6.07) is 9.09. The molecule has 1 aliphatic rings. The minimum Gasteiger partial charge on any atom is -0.354 e. The summed E-state index contributed by atoms with van der Waals surface area (Å²) < 4.78 is 29.3. The zero-order valence-corrected chi connectivity index (χ0v) is 17.6. The molecule has 3 aromatic rings. The van der Waals surface area contributed by atoms with Crippen LogP contribution in [0.15, 0.2) is 47.8 Å². The van der Waals surface area contributed by atoms with Gasteiger partial charge in [0.15, 0.2) is 5.82 Å². The van der Waals surface area contributed by atoms with Crippen LogP contribution >= 0.6 is 0 Å². The Morgan fingerprint density at radius 3 is 2.24 bits per heavy atom. The number of aryl methyl sites for hydroxylation is 3. The van der Waals surface area contributed by atoms with Gasteiger partial charge >= 0.3 is 0 Å². The topological polar surface area (TPSA) is 84.2 Å². The smallest absolute Gasteiger partial charge is 0.243 e. The van der Waals surface area contributed by atoms with Crippen molar-refractivity contribution < 1.29 is 8.42 Å². The van der Waals surface area contributed by atoms with Crippen LogP contribution in [0.5, 0.6) is 0 Å². The third-order valence-corrected chi connectivity index (χ3v) is 7.17. The van der Waals surface area contributed by atoms with E-state index in [-0.39, 0.29) is 0 Å². The van der Waals surface area contributed by atoms with E-state index in [1.54, 1.807) is 21.1 Å². The Bertz CT molecular complexity index is 1130. The van der Waals surface area contributed by atoms with Gasteiger partial charge in [-0.2, -0.15) is 9.40 Å². The second-order valence-electron chi connectivity index (χ2n) is 7.27. The Labute approximate surface area is 170 Å². The second kappa shape index (κ2) is 7.57. The lowest BCUT2D eigenvalue weighted by Gasteiger charge is -2.34. The van der Waals surface area contributed by atoms with Crippen molar-refractivity contribution in [2.24, 2.45) is 0 Å². The number of rotatable bonds is 4. The lowest BCUT2D eigenvalue weighted by atomic mass is 10.1. The molecule has 2 aromatic heterocycles. The van der Waals surface area contributed by atoms with Gasteiger partial charge in [0, 0.05) is 38.4 Å². The van der Waals surface area contributed by atoms with Gasteiger partial charge in [0.05, 0.1) is 10.6 Å². The van der Waals surface area contributed by atoms with Crippen LogP contribution in [0.4, 0.5) is 5.82 Å². The minimum atomic E-state index is -3.50. The number of sulfonamides is 1. The Balaban J connectivity index is 1.49. The van der Waals surface area contributed by atoms with Gasteiger partial charge in [-0.25, -0.2) is 23.1 Å². The molecule has 0 aliphatic carbocycles. The summed E-state index contributed by atoms with van der Waals surface area (Å²) in [7, 11) is -3.50. The van der Waals surface area contributed by atoms with Gasteiger partial charge in [0.2, 0.25) is 10.0 Å². The zero-order valence-electron chi connectivity index (χ0n) is 16.8. The highest BCUT2D eigenvalue weighted by molar-refractivity contribution is 7.89. The average molecular weight is 413 g/mol. The summed E-state index contributed by atoms with van der Waals surface area (Å²) in [5.41, 5.74) is 2.98. The summed E-state index contributed by atoms with van der Waals surface area (Å²) in [5.74, 6) is 1.46. The molecule has 1 aromatic carbocycles. The molecule has 0 spiro atoms. The summed E-state index contributed by atoms with van der Waals surface area (Å²) >= 11 is 0. The molecule has 3 heterocycles. The Morgan fingerprint density at radius 2 is 1.59 bits per heavy atom. The normalized spacial score (nSPS) is 15.6. The van der Waals surface area contributed by atoms with Gasteiger partial charge in [-0.05, 0) is 50.1 Å². The number of aromatic nitrogens is 4. The predicted molar refractivity (Wildman–Crippen MR) is 111 cm³/mol. The van der Waals surface area contributed by atoms with Crippen molar-refractivity contribution in [3.8, 4) is 5.82 Å². The van der Waals surface area contributed by atoms with Crippen molar-refractivity contribution in [3.63, 3.8) is 0 Å². The highest BCUT2D eigenvalue weighted by Crippen LogP contribution is 2.22. The standard InChI is InChI=1S/C20H24N6O2S/c1-15-4-5-18(12-16(15)2)29(27,28)25-10-8-24(9-11-25)19-13-20(22-14-21-19)26-7-6-17(3)23-26/h4-7,12-14H,8-11H2,1-3H3. The minimum absolute atomic E-state index is 0.354. The largest absolute Gasteiger partial charge is 0.354 e. The molecule has 29 heavy (non-hydrogen) atoms. The fourth-order valence-corrected chi connectivity index (χ4v) is 4.87. The zero-order chi connectivity index (χ0) is 20.6. The van der Waals surface area contributed by atoms with Gasteiger partial charge in [-0.3, -0.25) is 0 Å². The monoisotopic (exact) mass is 412 g/mol. The van der Waals surface area contributed by atoms with Crippen LogP contribution in [0.25, 0.3) is 5.82 Å². The number of hydrogen-bond acceptors (Lipinski definition) is 6. The molecule has 152 valence electrons. The fraction of sp³-hybridized carbons (Fsp3) is 0.350. The Morgan fingerprint density at radius 1 is 0.862 bits per heavy atom. The van der Waals surface area contributed by atoms with Crippen LogP contribution in [0.1, 0.15) is 16.8 Å². The lowest BCUT2D eigenvalue weighted by molar-refractivity contribution is 0.383. The van der Waals surface area contributed by atoms with Crippen molar-refractivity contribution in [1.82, 2.24) is 24.1 Å². The average Bonchev–Trinajstić information content (AvgIpc) is 3.16. The first-order valence-electron chi connectivity index (χ1n) is 9.51. The highest BCUT2D eigenvalue weighted by atomic mass is 32.2. The van der Waals surface area contributed by atoms with Crippen LogP contribution in [0, 0.1) is 20.8 Å². The van der Waals surface area contributed by atoms with E-state index in [1.807, 2.05) is 45.2 Å². The molecule has 1 saturated heterocycles. The first-order chi connectivity index (χ1) is 13.8. The van der Waals surface area contributed by atoms with E-state index in [9.17, 15) is 8.42 Å². The third kappa shape index (κ3) is 3.88. The number of benzene rings is 1. The molecule has 4 rings (SSSR count). The van der Waals surface area contributed by atoms with Gasteiger partial charge in [0.1, 0.15) is 12.1 Å². The molecule has 1 aliphatic heterocycles. The van der Waals surface area contributed by atoms with Crippen molar-refractivity contribution in [2.45, 2.75) is 25.7 Å². The number of hydrogen-bond donors (Lipinski definition) is 0. The summed E-state index contributed by atoms with van der Waals surface area (Å²) in [4.78, 5) is 11.1. The van der Waals surface area contributed by atoms with Crippen LogP contribution in [-0.4, -0.2) is 58.7 Å². The molecule has 0 atom stereocenters. The third-order valence-electron chi connectivity index (χ3n) is 5.27. The van der Waals surface area contributed by atoms with E-state index >= 15 is 0 Å². The van der Waals surface area contributed by atoms with Crippen molar-refractivity contribution in [2.75, 3.05) is 31.1 Å². The molecule has 8 nitrogen and oxygen atoms in total. The molecular formula is C20H24N6O2S. The number of nitrogens with zero attached hydrogens (tertiary/aromatic N) is 6. The maximum absolute atomic E-state index is 13.0. The molecule has 1 fully saturated rings. The van der Waals surface area contributed by atoms with Crippen LogP contribution in [-0.2, 0) is 10.0 Å². The molecular weight excluding hydrogens is 388 g/mol. The summed E-state index contributed by atoms with van der Waals surface area (Å²) in [6.07, 6.45) is 3.37. The summed E-state index contributed by atoms with van der Waals surface area (Å²) in [5, 5.41) is 4.38. The molecule has 0 amide bonds. The predicted octanol–water partition coefficient (Wildman–Crippen LogP) is 2.10. The van der Waals surface area contributed by atoms with Gasteiger partial charge in [-0.1, -0.05) is 6.07 Å². The first kappa shape index (κ1) is 19.5. The molecule has 0 saturated carbocycles. The Hall–Kier alpha value is -2.78. The van der Waals surface area contributed by atoms with Crippen molar-refractivity contribution in [1.29, 1.82) is 0 Å². The van der Waals surface area contributed by atoms with E-state index in [0.717, 1.165) is 22.6 Å². The van der Waals surface area contributed by atoms with Crippen LogP contribution < -0.4 is 4.90 Å². The van der Waals surface area contributed by atoms with E-state index in [4.69, 9.17) is 0 Å². The van der Waals surface area contributed by atoms with Gasteiger partial charge in [-0.15, -0.1) is 0 Å². The maximum Gasteiger partial charge on any atom is 0.243 e. The number of anilines is 1. The SMILES string of the molecule is Cc1ccn(-c2cc(N3CCN(S(=O)(=O)c4ccc(C)c(C)c4)CC3)ncn2)n1. The quantitative estimate of drug-likeness (QED) is 0.653. The molecule has 0 unspecified atom stereocenters. The molecule has 0 bridgehead atoms. The van der Waals surface area contributed by atoms with Gasteiger partial charge in [0.25, 0.3) is 0 Å². The highest BCUT2D eigenvalue weighted by Gasteiger charge is 2.29. The van der Waals surface area contributed by atoms with Gasteiger partial charge < -0.3 is 4.90 Å². The lowest BCUT2D eigenvalue weighted by Crippen LogP contribution is -2.49. The fourth-order valence-electron chi connectivity index (χ4n) is 3.36. The van der Waals surface area contributed by atoms with Crippen LogP contribution in [0.3, 0.4) is 0 Å². The molecule has 0 radical (unpaired) electrons. The summed E-state index contributed by atoms with van der Waals surface area (Å²) in [6.45, 7) is 7.79. The van der Waals surface area contributed by atoms with Crippen molar-refractivity contribution in [3.05, 3.63) is 59.7 Å². The molecule has 9 heteroatoms. The second-order valence-corrected chi connectivity index (χ2v) is 9.21. The first-order valence-corrected chi connectivity index (χ1v) is 11.0. The molecule has 0 N–H and O–H groups in total. The van der Waals surface area contributed by atoms with E-state index in [0.29, 0.717) is 36.9 Å². The Kier molecular flexibility index (Phi) is 5.10. The number of piperazine rings is 1.